The molecule has 2 aromatic rings. The van der Waals surface area contributed by atoms with Crippen molar-refractivity contribution in [3.8, 4) is 17.2 Å². The first-order valence-corrected chi connectivity index (χ1v) is 10.3. The molecule has 2 aliphatic rings. The summed E-state index contributed by atoms with van der Waals surface area (Å²) in [5.41, 5.74) is 2.88. The summed E-state index contributed by atoms with van der Waals surface area (Å²) in [5, 5.41) is 7.54. The molecule has 0 spiro atoms. The molecule has 0 radical (unpaired) electrons. The van der Waals surface area contributed by atoms with E-state index in [2.05, 4.69) is 17.6 Å². The number of hydrogen-bond donors (Lipinski definition) is 3. The third-order valence-electron chi connectivity index (χ3n) is 5.53. The first kappa shape index (κ1) is 18.9. The van der Waals surface area contributed by atoms with Crippen molar-refractivity contribution >= 4 is 22.2 Å². The molecule has 1 unspecified atom stereocenters. The second kappa shape index (κ2) is 7.52. The molecule has 28 heavy (non-hydrogen) atoms. The van der Waals surface area contributed by atoms with Gasteiger partial charge in [-0.25, -0.2) is 0 Å². The molecule has 0 bridgehead atoms. The van der Waals surface area contributed by atoms with Crippen LogP contribution in [-0.4, -0.2) is 40.3 Å². The molecule has 0 saturated heterocycles. The Bertz CT molecular complexity index is 886. The molecule has 2 aliphatic heterocycles. The highest BCUT2D eigenvalue weighted by Crippen LogP contribution is 2.43. The van der Waals surface area contributed by atoms with E-state index >= 15 is 0 Å². The molecular weight excluding hydrogens is 378 g/mol. The van der Waals surface area contributed by atoms with Gasteiger partial charge >= 0.3 is 0 Å². The third kappa shape index (κ3) is 3.06. The number of amides is 1. The topological polar surface area (TPSA) is 73.3 Å². The summed E-state index contributed by atoms with van der Waals surface area (Å²) in [5.74, 6) is 1.63. The number of methoxy groups -OCH3 is 3. The fourth-order valence-corrected chi connectivity index (χ4v) is 5.33. The number of rotatable bonds is 5. The summed E-state index contributed by atoms with van der Waals surface area (Å²) in [6, 6.07) is 3.72. The molecular formula is C20H26N3O4S+. The van der Waals surface area contributed by atoms with E-state index in [1.54, 1.807) is 37.6 Å². The number of hydrogen-bond acceptors (Lipinski definition) is 6. The molecule has 4 rings (SSSR count). The van der Waals surface area contributed by atoms with Gasteiger partial charge in [-0.3, -0.25) is 4.79 Å². The average Bonchev–Trinajstić information content (AvgIpc) is 3.10. The highest BCUT2D eigenvalue weighted by molar-refractivity contribution is 7.16. The van der Waals surface area contributed by atoms with E-state index in [1.165, 1.54) is 10.4 Å². The Morgan fingerprint density at radius 3 is 2.46 bits per heavy atom. The zero-order chi connectivity index (χ0) is 19.8. The average molecular weight is 405 g/mol. The maximum Gasteiger partial charge on any atom is 0.256 e. The van der Waals surface area contributed by atoms with E-state index in [1.807, 2.05) is 12.1 Å². The second-order valence-electron chi connectivity index (χ2n) is 7.00. The molecule has 3 heterocycles. The van der Waals surface area contributed by atoms with Crippen molar-refractivity contribution in [1.29, 1.82) is 0 Å². The summed E-state index contributed by atoms with van der Waals surface area (Å²) in [7, 11) is 4.74. The fraction of sp³-hybridized carbons (Fsp3) is 0.450. The van der Waals surface area contributed by atoms with Crippen LogP contribution in [0.3, 0.4) is 0 Å². The lowest BCUT2D eigenvalue weighted by atomic mass is 10.00. The first-order chi connectivity index (χ1) is 13.6. The summed E-state index contributed by atoms with van der Waals surface area (Å²) in [6.07, 6.45) is 0.595. The van der Waals surface area contributed by atoms with Crippen molar-refractivity contribution < 1.29 is 23.9 Å². The molecule has 8 heteroatoms. The van der Waals surface area contributed by atoms with Crippen LogP contribution >= 0.6 is 11.3 Å². The molecule has 3 N–H and O–H groups in total. The molecule has 7 nitrogen and oxygen atoms in total. The first-order valence-electron chi connectivity index (χ1n) is 9.45. The Hall–Kier alpha value is -2.45. The van der Waals surface area contributed by atoms with Crippen LogP contribution in [0.1, 0.15) is 39.5 Å². The van der Waals surface area contributed by atoms with Crippen molar-refractivity contribution in [1.82, 2.24) is 5.32 Å². The number of fused-ring (bicyclic) bond motifs is 3. The van der Waals surface area contributed by atoms with E-state index in [4.69, 9.17) is 14.2 Å². The van der Waals surface area contributed by atoms with Crippen molar-refractivity contribution in [3.63, 3.8) is 0 Å². The lowest BCUT2D eigenvalue weighted by Crippen LogP contribution is -3.11. The van der Waals surface area contributed by atoms with Crippen molar-refractivity contribution in [2.24, 2.45) is 0 Å². The Balaban J connectivity index is 1.69. The van der Waals surface area contributed by atoms with Gasteiger partial charge in [0.05, 0.1) is 44.9 Å². The van der Waals surface area contributed by atoms with Gasteiger partial charge in [-0.1, -0.05) is 0 Å². The fourth-order valence-electron chi connectivity index (χ4n) is 3.99. The van der Waals surface area contributed by atoms with Gasteiger partial charge in [0.1, 0.15) is 17.7 Å². The van der Waals surface area contributed by atoms with Gasteiger partial charge in [0.2, 0.25) is 5.75 Å². The van der Waals surface area contributed by atoms with Gasteiger partial charge in [0.25, 0.3) is 5.91 Å². The number of ether oxygens (including phenoxy) is 3. The normalized spacial score (nSPS) is 20.5. The van der Waals surface area contributed by atoms with E-state index < -0.39 is 0 Å². The molecule has 0 aliphatic carbocycles. The molecule has 1 aromatic carbocycles. The van der Waals surface area contributed by atoms with Crippen LogP contribution in [0.15, 0.2) is 12.1 Å². The van der Waals surface area contributed by atoms with Crippen LogP contribution in [-0.2, 0) is 13.0 Å². The number of likely N-dealkylation sites (N-methyl/N-ethyl adjacent to an activating group) is 1. The smallest absolute Gasteiger partial charge is 0.256 e. The Kier molecular flexibility index (Phi) is 5.07. The van der Waals surface area contributed by atoms with Gasteiger partial charge in [0, 0.05) is 12.0 Å². The van der Waals surface area contributed by atoms with E-state index in [9.17, 15) is 4.79 Å². The van der Waals surface area contributed by atoms with Crippen LogP contribution in [0.5, 0.6) is 17.2 Å². The lowest BCUT2D eigenvalue weighted by Gasteiger charge is -2.28. The van der Waals surface area contributed by atoms with Gasteiger partial charge in [-0.15, -0.1) is 11.3 Å². The molecule has 2 atom stereocenters. The summed E-state index contributed by atoms with van der Waals surface area (Å²) < 4.78 is 16.3. The standard InChI is InChI=1S/C20H25N3O4S/c1-5-23-7-6-12-15(10-23)28-20-16(12)19(24)21-18(22-20)11-8-13(25-2)17(27-4)14(9-11)26-3/h8-9,18,22H,5-7,10H2,1-4H3,(H,21,24)/p+1/t18-/m1/s1. The minimum Gasteiger partial charge on any atom is -0.493 e. The van der Waals surface area contributed by atoms with Crippen molar-refractivity contribution in [3.05, 3.63) is 33.7 Å². The van der Waals surface area contributed by atoms with Crippen LogP contribution < -0.4 is 29.7 Å². The second-order valence-corrected chi connectivity index (χ2v) is 8.10. The number of benzene rings is 1. The molecule has 0 saturated carbocycles. The number of anilines is 1. The minimum absolute atomic E-state index is 0.0232. The quantitative estimate of drug-likeness (QED) is 0.706. The summed E-state index contributed by atoms with van der Waals surface area (Å²) >= 11 is 1.71. The third-order valence-corrected chi connectivity index (χ3v) is 6.69. The zero-order valence-corrected chi connectivity index (χ0v) is 17.4. The van der Waals surface area contributed by atoms with Gasteiger partial charge in [-0.05, 0) is 24.6 Å². The van der Waals surface area contributed by atoms with E-state index in [0.29, 0.717) is 17.2 Å². The van der Waals surface area contributed by atoms with E-state index in [0.717, 1.165) is 42.2 Å². The van der Waals surface area contributed by atoms with Crippen LogP contribution in [0, 0.1) is 0 Å². The Labute approximate surface area is 168 Å². The largest absolute Gasteiger partial charge is 0.493 e. The summed E-state index contributed by atoms with van der Waals surface area (Å²) in [6.45, 7) is 5.39. The highest BCUT2D eigenvalue weighted by atomic mass is 32.1. The maximum absolute atomic E-state index is 12.9. The van der Waals surface area contributed by atoms with Crippen LogP contribution in [0.25, 0.3) is 0 Å². The van der Waals surface area contributed by atoms with Gasteiger partial charge in [0.15, 0.2) is 11.5 Å². The zero-order valence-electron chi connectivity index (χ0n) is 16.6. The lowest BCUT2D eigenvalue weighted by molar-refractivity contribution is -0.913. The van der Waals surface area contributed by atoms with Gasteiger partial charge in [-0.2, -0.15) is 0 Å². The number of thiophene rings is 1. The Morgan fingerprint density at radius 1 is 1.14 bits per heavy atom. The number of carbonyl (C=O) groups is 1. The predicted octanol–water partition coefficient (Wildman–Crippen LogP) is 1.59. The molecule has 1 aromatic heterocycles. The molecule has 0 fully saturated rings. The minimum atomic E-state index is -0.358. The van der Waals surface area contributed by atoms with E-state index in [-0.39, 0.29) is 12.1 Å². The Morgan fingerprint density at radius 2 is 1.86 bits per heavy atom. The van der Waals surface area contributed by atoms with Crippen molar-refractivity contribution in [2.45, 2.75) is 26.1 Å². The van der Waals surface area contributed by atoms with Gasteiger partial charge < -0.3 is 29.7 Å². The number of nitrogens with one attached hydrogen (secondary N) is 3. The monoisotopic (exact) mass is 404 g/mol. The maximum atomic E-state index is 12.9. The van der Waals surface area contributed by atoms with Crippen LogP contribution in [0.2, 0.25) is 0 Å². The summed E-state index contributed by atoms with van der Waals surface area (Å²) in [4.78, 5) is 15.8. The predicted molar refractivity (Wildman–Crippen MR) is 108 cm³/mol. The number of quaternary nitrogens is 1. The van der Waals surface area contributed by atoms with Crippen molar-refractivity contribution in [2.75, 3.05) is 39.7 Å². The number of carbonyl (C=O) groups excluding carboxylic acids is 1. The highest BCUT2D eigenvalue weighted by Gasteiger charge is 2.34. The van der Waals surface area contributed by atoms with Crippen LogP contribution in [0.4, 0.5) is 5.00 Å². The molecule has 150 valence electrons. The SMILES string of the molecule is CC[NH+]1CCc2c(sc3c2C(=O)N[C@@H](c2cc(OC)c(OC)c(OC)c2)N3)C1. The molecule has 1 amide bonds.